The summed E-state index contributed by atoms with van der Waals surface area (Å²) < 4.78 is 12.3. The Hall–Kier alpha value is -5.24. The van der Waals surface area contributed by atoms with E-state index in [9.17, 15) is 4.79 Å². The van der Waals surface area contributed by atoms with E-state index >= 15 is 0 Å². The fourth-order valence-electron chi connectivity index (χ4n) is 3.45. The number of aromatic amines is 1. The lowest BCUT2D eigenvalue weighted by Crippen LogP contribution is -2.18. The summed E-state index contributed by atoms with van der Waals surface area (Å²) in [5.74, 6) is 0.635. The second-order valence-corrected chi connectivity index (χ2v) is 8.23. The lowest BCUT2D eigenvalue weighted by atomic mass is 10.0. The highest BCUT2D eigenvalue weighted by Crippen LogP contribution is 2.31. The van der Waals surface area contributed by atoms with E-state index in [2.05, 4.69) is 25.4 Å². The molecule has 0 aliphatic heterocycles. The lowest BCUT2D eigenvalue weighted by Gasteiger charge is -2.20. The van der Waals surface area contributed by atoms with Gasteiger partial charge in [0.25, 0.3) is 11.9 Å². The highest BCUT2D eigenvalue weighted by atomic mass is 16.5. The first kappa shape index (κ1) is 29.3. The summed E-state index contributed by atoms with van der Waals surface area (Å²) in [5, 5.41) is 31.9. The Morgan fingerprint density at radius 1 is 1.18 bits per heavy atom. The number of H-pyrrole nitrogens is 1. The number of aliphatic carboxylic acids is 1. The van der Waals surface area contributed by atoms with Crippen molar-refractivity contribution in [2.75, 3.05) is 25.6 Å². The van der Waals surface area contributed by atoms with Crippen LogP contribution in [0.1, 0.15) is 36.3 Å². The molecule has 4 aromatic rings. The van der Waals surface area contributed by atoms with Gasteiger partial charge in [0.15, 0.2) is 5.82 Å². The summed E-state index contributed by atoms with van der Waals surface area (Å²) in [6.45, 7) is 1.42. The van der Waals surface area contributed by atoms with Gasteiger partial charge in [-0.1, -0.05) is 0 Å². The van der Waals surface area contributed by atoms with Crippen molar-refractivity contribution in [1.29, 1.82) is 5.41 Å². The number of carbonyl (C=O) groups is 1. The number of aliphatic hydroxyl groups is 1. The molecule has 0 saturated heterocycles. The zero-order valence-corrected chi connectivity index (χ0v) is 21.9. The van der Waals surface area contributed by atoms with Crippen LogP contribution in [0.4, 0.5) is 5.69 Å². The van der Waals surface area contributed by atoms with Gasteiger partial charge in [-0.3, -0.25) is 15.2 Å². The Kier molecular flexibility index (Phi) is 10.3. The Morgan fingerprint density at radius 2 is 1.82 bits per heavy atom. The van der Waals surface area contributed by atoms with Gasteiger partial charge in [-0.2, -0.15) is 0 Å². The molecule has 1 atom stereocenters. The molecule has 0 saturated carbocycles. The molecule has 1 unspecified atom stereocenters. The summed E-state index contributed by atoms with van der Waals surface area (Å²) in [6, 6.07) is 13.3. The highest BCUT2D eigenvalue weighted by molar-refractivity contribution is 5.95. The van der Waals surface area contributed by atoms with E-state index in [1.807, 2.05) is 0 Å². The minimum atomic E-state index is -0.833. The minimum Gasteiger partial charge on any atom is -0.497 e. The fraction of sp³-hybridized carbons (Fsp3) is 0.231. The lowest BCUT2D eigenvalue weighted by molar-refractivity contribution is -0.134. The summed E-state index contributed by atoms with van der Waals surface area (Å²) in [7, 11) is 1.54. The molecule has 2 aromatic carbocycles. The van der Waals surface area contributed by atoms with Crippen molar-refractivity contribution >= 4 is 17.5 Å². The Labute approximate surface area is 229 Å². The number of nitrogens with one attached hydrogen (secondary N) is 3. The summed E-state index contributed by atoms with van der Waals surface area (Å²) in [4.78, 5) is 32.7. The van der Waals surface area contributed by atoms with Crippen molar-refractivity contribution in [3.8, 4) is 17.4 Å². The molecule has 4 rings (SSSR count). The average Bonchev–Trinajstić information content (AvgIpc) is 3.33. The maximum absolute atomic E-state index is 12.7. The molecule has 2 heterocycles. The van der Waals surface area contributed by atoms with Crippen molar-refractivity contribution in [2.45, 2.75) is 19.4 Å². The van der Waals surface area contributed by atoms with Crippen molar-refractivity contribution < 1.29 is 24.5 Å². The van der Waals surface area contributed by atoms with E-state index in [0.29, 0.717) is 47.2 Å². The normalized spacial score (nSPS) is 11.1. The number of nitrogens with two attached hydrogens (primary N) is 1. The standard InChI is InChI=1S/C24H26N8O4.C2H4O2/c1-35-18-12-16(13-19(14-18)36-11-3-10-33)20(29-17-6-4-15(5-7-17)21(25)26)22-30-24(34)32(31-22)23-27-8-2-9-28-23;1-2(3)4/h2,4-9,12-14,20,29,33H,3,10-11H2,1H3,(H3,25,26)(H,30,31,34);1H3,(H,3,4). The van der Waals surface area contributed by atoms with Crippen LogP contribution in [0.3, 0.4) is 0 Å². The molecule has 0 aliphatic carbocycles. The number of nitrogens with zero attached hydrogens (tertiary/aromatic N) is 4. The first-order chi connectivity index (χ1) is 19.2. The molecule has 0 aliphatic rings. The van der Waals surface area contributed by atoms with Crippen LogP contribution in [-0.2, 0) is 4.79 Å². The van der Waals surface area contributed by atoms with Gasteiger partial charge in [0.2, 0.25) is 0 Å². The van der Waals surface area contributed by atoms with Gasteiger partial charge in [-0.05, 0) is 48.0 Å². The molecular formula is C26H30N8O6. The third-order valence-corrected chi connectivity index (χ3v) is 5.20. The molecule has 0 fully saturated rings. The maximum atomic E-state index is 12.7. The molecule has 0 spiro atoms. The first-order valence-corrected chi connectivity index (χ1v) is 12.0. The molecule has 7 N–H and O–H groups in total. The van der Waals surface area contributed by atoms with Crippen LogP contribution in [0, 0.1) is 5.41 Å². The number of benzene rings is 2. The number of aromatic nitrogens is 5. The minimum absolute atomic E-state index is 0.0114. The van der Waals surface area contributed by atoms with Crippen LogP contribution in [-0.4, -0.2) is 67.1 Å². The van der Waals surface area contributed by atoms with Gasteiger partial charge in [0.1, 0.15) is 23.4 Å². The van der Waals surface area contributed by atoms with Crippen LogP contribution in [0.25, 0.3) is 5.95 Å². The first-order valence-electron chi connectivity index (χ1n) is 12.0. The van der Waals surface area contributed by atoms with Gasteiger partial charge >= 0.3 is 5.69 Å². The molecule has 0 radical (unpaired) electrons. The largest absolute Gasteiger partial charge is 0.497 e. The predicted octanol–water partition coefficient (Wildman–Crippen LogP) is 1.70. The van der Waals surface area contributed by atoms with Crippen LogP contribution in [0.2, 0.25) is 0 Å². The number of carboxylic acid groups (broad SMARTS) is 1. The van der Waals surface area contributed by atoms with Gasteiger partial charge in [0, 0.05) is 49.7 Å². The Balaban J connectivity index is 0.00000103. The molecular weight excluding hydrogens is 520 g/mol. The Morgan fingerprint density at radius 3 is 2.42 bits per heavy atom. The number of aliphatic hydroxyl groups excluding tert-OH is 1. The van der Waals surface area contributed by atoms with Crippen LogP contribution >= 0.6 is 0 Å². The van der Waals surface area contributed by atoms with E-state index in [1.165, 1.54) is 12.4 Å². The Bertz CT molecular complexity index is 1470. The molecule has 0 bridgehead atoms. The third kappa shape index (κ3) is 8.13. The molecule has 210 valence electrons. The maximum Gasteiger partial charge on any atom is 0.350 e. The van der Waals surface area contributed by atoms with Crippen LogP contribution in [0.5, 0.6) is 11.5 Å². The van der Waals surface area contributed by atoms with Crippen molar-refractivity contribution in [1.82, 2.24) is 24.7 Å². The summed E-state index contributed by atoms with van der Waals surface area (Å²) in [6.07, 6.45) is 3.52. The zero-order valence-electron chi connectivity index (χ0n) is 21.9. The molecule has 40 heavy (non-hydrogen) atoms. The molecule has 0 amide bonds. The van der Waals surface area contributed by atoms with Crippen molar-refractivity contribution in [2.24, 2.45) is 5.73 Å². The third-order valence-electron chi connectivity index (χ3n) is 5.20. The molecule has 14 nitrogen and oxygen atoms in total. The number of methoxy groups -OCH3 is 1. The van der Waals surface area contributed by atoms with Gasteiger partial charge < -0.3 is 30.7 Å². The quantitative estimate of drug-likeness (QED) is 0.0897. The van der Waals surface area contributed by atoms with E-state index in [1.54, 1.807) is 55.6 Å². The number of anilines is 1. The monoisotopic (exact) mass is 550 g/mol. The number of ether oxygens (including phenoxy) is 2. The van der Waals surface area contributed by atoms with Gasteiger partial charge in [-0.25, -0.2) is 14.8 Å². The zero-order chi connectivity index (χ0) is 29.1. The van der Waals surface area contributed by atoms with Crippen LogP contribution in [0.15, 0.2) is 65.7 Å². The number of hydrogen-bond acceptors (Lipinski definition) is 10. The SMILES string of the molecule is CC(=O)O.COc1cc(OCCCO)cc(C(Nc2ccc(C(=N)N)cc2)c2nn(-c3ncccn3)c(=O)[nH]2)c1. The average molecular weight is 551 g/mol. The summed E-state index contributed by atoms with van der Waals surface area (Å²) >= 11 is 0. The van der Waals surface area contributed by atoms with Gasteiger partial charge in [-0.15, -0.1) is 9.78 Å². The van der Waals surface area contributed by atoms with Crippen LogP contribution < -0.4 is 26.2 Å². The topological polar surface area (TPSA) is 214 Å². The number of hydrogen-bond donors (Lipinski definition) is 6. The van der Waals surface area contributed by atoms with Crippen molar-refractivity contribution in [3.05, 3.63) is 88.4 Å². The summed E-state index contributed by atoms with van der Waals surface area (Å²) in [5.41, 5.74) is 7.04. The fourth-order valence-corrected chi connectivity index (χ4v) is 3.45. The second-order valence-electron chi connectivity index (χ2n) is 8.23. The van der Waals surface area contributed by atoms with Crippen molar-refractivity contribution in [3.63, 3.8) is 0 Å². The number of nitrogen functional groups attached to an aromatic ring is 1. The van der Waals surface area contributed by atoms with E-state index in [4.69, 9.17) is 35.6 Å². The second kappa shape index (κ2) is 14.1. The molecule has 2 aromatic heterocycles. The van der Waals surface area contributed by atoms with Gasteiger partial charge in [0.05, 0.1) is 13.7 Å². The number of amidine groups is 1. The van der Waals surface area contributed by atoms with E-state index < -0.39 is 17.7 Å². The van der Waals surface area contributed by atoms with E-state index in [0.717, 1.165) is 11.6 Å². The number of carboxylic acids is 1. The molecule has 14 heteroatoms. The van der Waals surface area contributed by atoms with E-state index in [-0.39, 0.29) is 18.4 Å². The predicted molar refractivity (Wildman–Crippen MR) is 146 cm³/mol. The number of rotatable bonds is 11. The smallest absolute Gasteiger partial charge is 0.350 e. The highest BCUT2D eigenvalue weighted by Gasteiger charge is 2.22.